The van der Waals surface area contributed by atoms with E-state index in [-0.39, 0.29) is 17.0 Å². The molecule has 27 heavy (non-hydrogen) atoms. The number of ether oxygens (including phenoxy) is 1. The molecule has 1 aliphatic heterocycles. The summed E-state index contributed by atoms with van der Waals surface area (Å²) in [5, 5.41) is 12.7. The van der Waals surface area contributed by atoms with Crippen molar-refractivity contribution >= 4 is 11.7 Å². The van der Waals surface area contributed by atoms with Crippen LogP contribution in [0.3, 0.4) is 0 Å². The quantitative estimate of drug-likeness (QED) is 0.317. The molecule has 0 bridgehead atoms. The van der Waals surface area contributed by atoms with Gasteiger partial charge in [-0.2, -0.15) is 0 Å². The lowest BCUT2D eigenvalue weighted by Crippen LogP contribution is -2.54. The first-order chi connectivity index (χ1) is 13.0. The Balaban J connectivity index is 1.52. The fourth-order valence-electron chi connectivity index (χ4n) is 7.55. The molecule has 4 nitrogen and oxygen atoms in total. The zero-order valence-corrected chi connectivity index (χ0v) is 16.1. The fraction of sp³-hybridized carbons (Fsp3) is 0.652. The first-order valence-corrected chi connectivity index (χ1v) is 10.5. The normalized spacial score (nSPS) is 49.4. The van der Waals surface area contributed by atoms with Crippen LogP contribution in [0.1, 0.15) is 51.9 Å². The van der Waals surface area contributed by atoms with Gasteiger partial charge in [0.2, 0.25) is 0 Å². The summed E-state index contributed by atoms with van der Waals surface area (Å²) in [6.07, 6.45) is 15.4. The van der Waals surface area contributed by atoms with Crippen molar-refractivity contribution in [3.8, 4) is 0 Å². The summed E-state index contributed by atoms with van der Waals surface area (Å²) >= 11 is 0. The van der Waals surface area contributed by atoms with E-state index in [1.54, 1.807) is 6.08 Å². The van der Waals surface area contributed by atoms with Crippen LogP contribution in [0.25, 0.3) is 0 Å². The molecule has 5 aliphatic rings. The van der Waals surface area contributed by atoms with Gasteiger partial charge in [0.05, 0.1) is 5.71 Å². The predicted octanol–water partition coefficient (Wildman–Crippen LogP) is 4.65. The molecule has 4 aliphatic carbocycles. The third kappa shape index (κ3) is 2.22. The molecule has 1 N–H and O–H groups in total. The van der Waals surface area contributed by atoms with E-state index in [0.717, 1.165) is 44.2 Å². The van der Waals surface area contributed by atoms with E-state index in [2.05, 4.69) is 36.9 Å². The van der Waals surface area contributed by atoms with Crippen LogP contribution in [0.15, 0.2) is 41.6 Å². The minimum atomic E-state index is -0.384. The lowest BCUT2D eigenvalue weighted by molar-refractivity contribution is -0.162. The highest BCUT2D eigenvalue weighted by molar-refractivity contribution is 5.96. The molecular formula is C23H29NO3. The molecule has 0 aromatic rings. The van der Waals surface area contributed by atoms with Crippen LogP contribution in [0.4, 0.5) is 0 Å². The van der Waals surface area contributed by atoms with Crippen LogP contribution in [0, 0.1) is 35.0 Å². The Bertz CT molecular complexity index is 780. The van der Waals surface area contributed by atoms with E-state index in [1.807, 2.05) is 0 Å². The first-order valence-electron chi connectivity index (χ1n) is 10.5. The standard InChI is InChI=1S/C23H29NO3/c1-3-14-12-15-13-16(24-26)4-5-17(15)18-6-9-22(2)19(21(14)18)7-10-23(22)11-8-20(25)27-23/h3,8,11,13-14,17-19,21,26H,1,4-7,9-10,12H2,2H3/b24-16+/t14?,17-,18?,19?,21?,22-,23+/m0/s1. The summed E-state index contributed by atoms with van der Waals surface area (Å²) in [7, 11) is 0. The topological polar surface area (TPSA) is 58.9 Å². The van der Waals surface area contributed by atoms with Crippen LogP contribution in [0.5, 0.6) is 0 Å². The zero-order valence-electron chi connectivity index (χ0n) is 16.1. The number of rotatable bonds is 1. The second-order valence-corrected chi connectivity index (χ2v) is 9.55. The molecular weight excluding hydrogens is 338 g/mol. The third-order valence-corrected chi connectivity index (χ3v) is 8.79. The minimum Gasteiger partial charge on any atom is -0.451 e. The molecule has 4 unspecified atom stereocenters. The fourth-order valence-corrected chi connectivity index (χ4v) is 7.55. The Hall–Kier alpha value is -1.84. The smallest absolute Gasteiger partial charge is 0.331 e. The molecule has 144 valence electrons. The Kier molecular flexibility index (Phi) is 3.73. The van der Waals surface area contributed by atoms with Crippen LogP contribution < -0.4 is 0 Å². The maximum atomic E-state index is 11.9. The monoisotopic (exact) mass is 367 g/mol. The van der Waals surface area contributed by atoms with Crippen LogP contribution in [-0.4, -0.2) is 22.5 Å². The second kappa shape index (κ2) is 5.83. The number of allylic oxidation sites excluding steroid dienone is 3. The summed E-state index contributed by atoms with van der Waals surface area (Å²) in [4.78, 5) is 11.9. The molecule has 0 amide bonds. The second-order valence-electron chi connectivity index (χ2n) is 9.55. The first kappa shape index (κ1) is 17.3. The third-order valence-electron chi connectivity index (χ3n) is 8.79. The molecule has 1 spiro atoms. The van der Waals surface area contributed by atoms with Gasteiger partial charge >= 0.3 is 5.97 Å². The number of nitrogens with zero attached hydrogens (tertiary/aromatic N) is 1. The van der Waals surface area contributed by atoms with E-state index < -0.39 is 0 Å². The van der Waals surface area contributed by atoms with Gasteiger partial charge in [-0.15, -0.1) is 6.58 Å². The molecule has 1 heterocycles. The van der Waals surface area contributed by atoms with Crippen molar-refractivity contribution in [1.82, 2.24) is 0 Å². The summed E-state index contributed by atoms with van der Waals surface area (Å²) < 4.78 is 5.94. The molecule has 4 heteroatoms. The van der Waals surface area contributed by atoms with E-state index in [0.29, 0.717) is 29.6 Å². The van der Waals surface area contributed by atoms with E-state index in [9.17, 15) is 10.0 Å². The number of hydrogen-bond donors (Lipinski definition) is 1. The Morgan fingerprint density at radius 3 is 2.89 bits per heavy atom. The summed E-state index contributed by atoms with van der Waals surface area (Å²) in [5.74, 6) is 2.75. The lowest BCUT2D eigenvalue weighted by Gasteiger charge is -2.57. The van der Waals surface area contributed by atoms with Crippen LogP contribution in [0.2, 0.25) is 0 Å². The maximum absolute atomic E-state index is 11.9. The van der Waals surface area contributed by atoms with Crippen molar-refractivity contribution in [3.05, 3.63) is 36.5 Å². The lowest BCUT2D eigenvalue weighted by atomic mass is 9.48. The van der Waals surface area contributed by atoms with Crippen molar-refractivity contribution in [3.63, 3.8) is 0 Å². The van der Waals surface area contributed by atoms with Gasteiger partial charge in [-0.05, 0) is 86.7 Å². The van der Waals surface area contributed by atoms with Gasteiger partial charge in [0, 0.05) is 11.5 Å². The average Bonchev–Trinajstić information content (AvgIpc) is 3.21. The van der Waals surface area contributed by atoms with Gasteiger partial charge in [-0.3, -0.25) is 0 Å². The van der Waals surface area contributed by atoms with Gasteiger partial charge in [-0.1, -0.05) is 23.7 Å². The van der Waals surface area contributed by atoms with Gasteiger partial charge in [0.25, 0.3) is 0 Å². The number of carbonyl (C=O) groups excluding carboxylic acids is 1. The van der Waals surface area contributed by atoms with Crippen molar-refractivity contribution in [2.45, 2.75) is 57.5 Å². The van der Waals surface area contributed by atoms with Crippen molar-refractivity contribution in [2.75, 3.05) is 0 Å². The SMILES string of the molecule is C=CC1CC2=C/C(=N/O)CC[C@@H]2C2CC[C@@]3(C)C(CC[C@@]34C=CC(=O)O4)C12. The van der Waals surface area contributed by atoms with Gasteiger partial charge in [-0.25, -0.2) is 4.79 Å². The molecule has 3 fully saturated rings. The van der Waals surface area contributed by atoms with E-state index >= 15 is 0 Å². The Morgan fingerprint density at radius 2 is 2.19 bits per heavy atom. The summed E-state index contributed by atoms with van der Waals surface area (Å²) in [6, 6.07) is 0. The highest BCUT2D eigenvalue weighted by Crippen LogP contribution is 2.67. The largest absolute Gasteiger partial charge is 0.451 e. The Labute approximate surface area is 161 Å². The number of hydrogen-bond acceptors (Lipinski definition) is 4. The Morgan fingerprint density at radius 1 is 1.33 bits per heavy atom. The summed E-state index contributed by atoms with van der Waals surface area (Å²) in [6.45, 7) is 6.55. The number of fused-ring (bicyclic) bond motifs is 6. The van der Waals surface area contributed by atoms with Gasteiger partial charge < -0.3 is 9.94 Å². The maximum Gasteiger partial charge on any atom is 0.331 e. The van der Waals surface area contributed by atoms with Gasteiger partial charge in [0.1, 0.15) is 5.60 Å². The number of carbonyl (C=O) groups is 1. The van der Waals surface area contributed by atoms with E-state index in [1.165, 1.54) is 12.0 Å². The number of esters is 1. The van der Waals surface area contributed by atoms with Crippen molar-refractivity contribution < 1.29 is 14.7 Å². The zero-order chi connectivity index (χ0) is 18.8. The highest BCUT2D eigenvalue weighted by Gasteiger charge is 2.65. The molecule has 3 saturated carbocycles. The van der Waals surface area contributed by atoms with Crippen molar-refractivity contribution in [2.24, 2.45) is 40.2 Å². The summed E-state index contributed by atoms with van der Waals surface area (Å²) in [5.41, 5.74) is 1.94. The molecule has 7 atom stereocenters. The number of oxime groups is 1. The average molecular weight is 367 g/mol. The van der Waals surface area contributed by atoms with Crippen molar-refractivity contribution in [1.29, 1.82) is 0 Å². The van der Waals surface area contributed by atoms with Crippen LogP contribution in [-0.2, 0) is 9.53 Å². The molecule has 0 saturated heterocycles. The molecule has 5 rings (SSSR count). The molecule has 0 radical (unpaired) electrons. The van der Waals surface area contributed by atoms with Crippen LogP contribution >= 0.6 is 0 Å². The predicted molar refractivity (Wildman–Crippen MR) is 103 cm³/mol. The van der Waals surface area contributed by atoms with Gasteiger partial charge in [0.15, 0.2) is 0 Å². The minimum absolute atomic E-state index is 0.0334. The molecule has 0 aromatic heterocycles. The molecule has 0 aromatic carbocycles. The van der Waals surface area contributed by atoms with E-state index in [4.69, 9.17) is 4.74 Å². The highest BCUT2D eigenvalue weighted by atomic mass is 16.6.